The molecule has 0 fully saturated rings. The van der Waals surface area contributed by atoms with E-state index in [9.17, 15) is 5.11 Å². The van der Waals surface area contributed by atoms with Gasteiger partial charge in [0.05, 0.1) is 6.10 Å². The largest absolute Gasteiger partial charge is 0.392 e. The fourth-order valence-electron chi connectivity index (χ4n) is 1.71. The summed E-state index contributed by atoms with van der Waals surface area (Å²) < 4.78 is 0.976. The second kappa shape index (κ2) is 7.37. The molecule has 0 heterocycles. The molecule has 0 aliphatic carbocycles. The molecule has 0 aromatic heterocycles. The third-order valence-electron chi connectivity index (χ3n) is 2.71. The van der Waals surface area contributed by atoms with Gasteiger partial charge < -0.3 is 10.4 Å². The minimum atomic E-state index is -0.281. The number of nitrogens with one attached hydrogen (secondary N) is 1. The van der Waals surface area contributed by atoms with Crippen LogP contribution in [0.25, 0.3) is 0 Å². The summed E-state index contributed by atoms with van der Waals surface area (Å²) in [5.74, 6) is 0. The third kappa shape index (κ3) is 4.96. The average Bonchev–Trinajstić information content (AvgIpc) is 2.26. The third-order valence-corrected chi connectivity index (χ3v) is 3.53. The van der Waals surface area contributed by atoms with Gasteiger partial charge in [-0.1, -0.05) is 46.9 Å². The lowest BCUT2D eigenvalue weighted by Gasteiger charge is -2.18. The zero-order chi connectivity index (χ0) is 12.8. The van der Waals surface area contributed by atoms with E-state index in [1.165, 1.54) is 0 Å². The van der Waals surface area contributed by atoms with Crippen LogP contribution in [0, 0.1) is 0 Å². The number of hydrogen-bond acceptors (Lipinski definition) is 2. The van der Waals surface area contributed by atoms with Crippen molar-refractivity contribution in [3.05, 3.63) is 33.3 Å². The molecule has 2 nitrogen and oxygen atoms in total. The van der Waals surface area contributed by atoms with E-state index in [-0.39, 0.29) is 12.1 Å². The summed E-state index contributed by atoms with van der Waals surface area (Å²) in [5, 5.41) is 13.7. The van der Waals surface area contributed by atoms with Gasteiger partial charge in [0, 0.05) is 22.1 Å². The van der Waals surface area contributed by atoms with Gasteiger partial charge in [-0.2, -0.15) is 0 Å². The highest BCUT2D eigenvalue weighted by Gasteiger charge is 2.11. The van der Waals surface area contributed by atoms with Crippen molar-refractivity contribution < 1.29 is 5.11 Å². The lowest BCUT2D eigenvalue weighted by atomic mass is 10.1. The predicted molar refractivity (Wildman–Crippen MR) is 76.5 cm³/mol. The SMILES string of the molecule is CCCC(O)CNC(C)c1ccc(Br)cc1Cl. The Balaban J connectivity index is 2.54. The summed E-state index contributed by atoms with van der Waals surface area (Å²) in [7, 11) is 0. The molecular formula is C13H19BrClNO. The number of hydrogen-bond donors (Lipinski definition) is 2. The van der Waals surface area contributed by atoms with Gasteiger partial charge >= 0.3 is 0 Å². The summed E-state index contributed by atoms with van der Waals surface area (Å²) in [4.78, 5) is 0. The molecule has 0 saturated carbocycles. The molecule has 96 valence electrons. The van der Waals surface area contributed by atoms with Gasteiger partial charge in [-0.05, 0) is 31.0 Å². The van der Waals surface area contributed by atoms with E-state index in [0.29, 0.717) is 6.54 Å². The highest BCUT2D eigenvalue weighted by Crippen LogP contribution is 2.26. The monoisotopic (exact) mass is 319 g/mol. The second-order valence-corrected chi connectivity index (χ2v) is 5.56. The standard InChI is InChI=1S/C13H19BrClNO/c1-3-4-11(17)8-16-9(2)12-6-5-10(14)7-13(12)15/h5-7,9,11,16-17H,3-4,8H2,1-2H3. The molecule has 17 heavy (non-hydrogen) atoms. The van der Waals surface area contributed by atoms with E-state index in [1.54, 1.807) is 0 Å². The van der Waals surface area contributed by atoms with Crippen LogP contribution < -0.4 is 5.32 Å². The number of benzene rings is 1. The molecule has 4 heteroatoms. The molecule has 2 atom stereocenters. The van der Waals surface area contributed by atoms with Crippen LogP contribution in [0.1, 0.15) is 38.3 Å². The maximum atomic E-state index is 9.66. The number of halogens is 2. The minimum Gasteiger partial charge on any atom is -0.392 e. The van der Waals surface area contributed by atoms with Gasteiger partial charge in [0.15, 0.2) is 0 Å². The maximum Gasteiger partial charge on any atom is 0.0664 e. The van der Waals surface area contributed by atoms with Crippen LogP contribution in [-0.2, 0) is 0 Å². The molecule has 0 spiro atoms. The highest BCUT2D eigenvalue weighted by atomic mass is 79.9. The van der Waals surface area contributed by atoms with E-state index in [1.807, 2.05) is 25.1 Å². The lowest BCUT2D eigenvalue weighted by molar-refractivity contribution is 0.157. The maximum absolute atomic E-state index is 9.66. The molecule has 0 amide bonds. The first kappa shape index (κ1) is 15.0. The van der Waals surface area contributed by atoms with Crippen LogP contribution in [0.15, 0.2) is 22.7 Å². The van der Waals surface area contributed by atoms with Crippen molar-refractivity contribution in [3.63, 3.8) is 0 Å². The van der Waals surface area contributed by atoms with Crippen LogP contribution >= 0.6 is 27.5 Å². The summed E-state index contributed by atoms with van der Waals surface area (Å²) in [5.41, 5.74) is 1.05. The van der Waals surface area contributed by atoms with Gasteiger partial charge in [0.2, 0.25) is 0 Å². The van der Waals surface area contributed by atoms with Gasteiger partial charge in [-0.3, -0.25) is 0 Å². The second-order valence-electron chi connectivity index (χ2n) is 4.24. The van der Waals surface area contributed by atoms with Gasteiger partial charge in [0.1, 0.15) is 0 Å². The quantitative estimate of drug-likeness (QED) is 0.833. The van der Waals surface area contributed by atoms with Crippen LogP contribution in [0.4, 0.5) is 0 Å². The Hall–Kier alpha value is -0.0900. The Labute approximate surface area is 117 Å². The fourth-order valence-corrected chi connectivity index (χ4v) is 2.55. The van der Waals surface area contributed by atoms with Gasteiger partial charge in [-0.25, -0.2) is 0 Å². The van der Waals surface area contributed by atoms with Crippen molar-refractivity contribution in [1.82, 2.24) is 5.32 Å². The molecule has 1 aromatic rings. The topological polar surface area (TPSA) is 32.3 Å². The fraction of sp³-hybridized carbons (Fsp3) is 0.538. The Morgan fingerprint density at radius 3 is 2.76 bits per heavy atom. The summed E-state index contributed by atoms with van der Waals surface area (Å²) in [6.45, 7) is 4.72. The molecule has 0 aliphatic rings. The lowest BCUT2D eigenvalue weighted by Crippen LogP contribution is -2.29. The Morgan fingerprint density at radius 1 is 1.47 bits per heavy atom. The van der Waals surface area contributed by atoms with E-state index < -0.39 is 0 Å². The Kier molecular flexibility index (Phi) is 6.49. The first-order valence-electron chi connectivity index (χ1n) is 5.91. The smallest absolute Gasteiger partial charge is 0.0664 e. The van der Waals surface area contributed by atoms with Crippen LogP contribution in [0.2, 0.25) is 5.02 Å². The molecule has 1 aromatic carbocycles. The molecule has 2 unspecified atom stereocenters. The molecule has 2 N–H and O–H groups in total. The Morgan fingerprint density at radius 2 is 2.18 bits per heavy atom. The number of aliphatic hydroxyl groups is 1. The van der Waals surface area contributed by atoms with Gasteiger partial charge in [0.25, 0.3) is 0 Å². The van der Waals surface area contributed by atoms with Gasteiger partial charge in [-0.15, -0.1) is 0 Å². The van der Waals surface area contributed by atoms with Crippen molar-refractivity contribution in [3.8, 4) is 0 Å². The van der Waals surface area contributed by atoms with E-state index >= 15 is 0 Å². The average molecular weight is 321 g/mol. The normalized spacial score (nSPS) is 14.6. The minimum absolute atomic E-state index is 0.141. The molecule has 0 saturated heterocycles. The molecule has 0 bridgehead atoms. The van der Waals surface area contributed by atoms with E-state index in [0.717, 1.165) is 27.9 Å². The molecule has 0 aliphatic heterocycles. The van der Waals surface area contributed by atoms with Crippen molar-refractivity contribution in [1.29, 1.82) is 0 Å². The zero-order valence-electron chi connectivity index (χ0n) is 10.2. The van der Waals surface area contributed by atoms with E-state index in [2.05, 4.69) is 28.2 Å². The first-order valence-corrected chi connectivity index (χ1v) is 7.08. The number of aliphatic hydroxyl groups excluding tert-OH is 1. The van der Waals surface area contributed by atoms with Crippen LogP contribution in [-0.4, -0.2) is 17.8 Å². The zero-order valence-corrected chi connectivity index (χ0v) is 12.6. The number of rotatable bonds is 6. The highest BCUT2D eigenvalue weighted by molar-refractivity contribution is 9.10. The van der Waals surface area contributed by atoms with Crippen LogP contribution in [0.5, 0.6) is 0 Å². The molecule has 1 rings (SSSR count). The van der Waals surface area contributed by atoms with Crippen molar-refractivity contribution in [2.24, 2.45) is 0 Å². The summed E-state index contributed by atoms with van der Waals surface area (Å²) >= 11 is 9.55. The Bertz CT molecular complexity index is 359. The molecule has 0 radical (unpaired) electrons. The van der Waals surface area contributed by atoms with Crippen LogP contribution in [0.3, 0.4) is 0 Å². The summed E-state index contributed by atoms with van der Waals surface area (Å²) in [6.07, 6.45) is 1.54. The van der Waals surface area contributed by atoms with E-state index in [4.69, 9.17) is 11.6 Å². The predicted octanol–water partition coefficient (Wildman–Crippen LogP) is 3.91. The van der Waals surface area contributed by atoms with Crippen molar-refractivity contribution in [2.75, 3.05) is 6.54 Å². The van der Waals surface area contributed by atoms with Crippen molar-refractivity contribution in [2.45, 2.75) is 38.8 Å². The first-order chi connectivity index (χ1) is 8.04. The molecular weight excluding hydrogens is 302 g/mol. The van der Waals surface area contributed by atoms with Crippen molar-refractivity contribution >= 4 is 27.5 Å². The summed E-state index contributed by atoms with van der Waals surface area (Å²) in [6, 6.07) is 6.00.